The Bertz CT molecular complexity index is 634. The van der Waals surface area contributed by atoms with Gasteiger partial charge in [-0.25, -0.2) is 8.42 Å². The molecule has 116 valence electrons. The van der Waals surface area contributed by atoms with Gasteiger partial charge < -0.3 is 15.5 Å². The molecule has 5 nitrogen and oxygen atoms in total. The third-order valence-electron chi connectivity index (χ3n) is 3.22. The van der Waals surface area contributed by atoms with Gasteiger partial charge in [0.25, 0.3) is 0 Å². The average molecular weight is 348 g/mol. The van der Waals surface area contributed by atoms with Crippen molar-refractivity contribution in [1.29, 1.82) is 0 Å². The topological polar surface area (TPSA) is 61.4 Å². The van der Waals surface area contributed by atoms with Crippen LogP contribution in [0.5, 0.6) is 0 Å². The van der Waals surface area contributed by atoms with E-state index in [1.54, 1.807) is 0 Å². The summed E-state index contributed by atoms with van der Waals surface area (Å²) in [5.74, 6) is 0.00563. The van der Waals surface area contributed by atoms with Crippen molar-refractivity contribution in [3.63, 3.8) is 0 Å². The van der Waals surface area contributed by atoms with Gasteiger partial charge in [-0.05, 0) is 30.4 Å². The normalized spacial score (nSPS) is 23.6. The van der Waals surface area contributed by atoms with E-state index in [4.69, 9.17) is 23.8 Å². The Labute approximate surface area is 135 Å². The van der Waals surface area contributed by atoms with Crippen LogP contribution >= 0.6 is 23.8 Å². The first-order chi connectivity index (χ1) is 9.77. The molecule has 1 fully saturated rings. The number of thiocarbonyl (C=S) groups is 1. The van der Waals surface area contributed by atoms with Crippen LogP contribution in [-0.4, -0.2) is 50.6 Å². The van der Waals surface area contributed by atoms with Crippen LogP contribution in [0, 0.1) is 0 Å². The van der Waals surface area contributed by atoms with Crippen molar-refractivity contribution in [3.8, 4) is 0 Å². The zero-order valence-electron chi connectivity index (χ0n) is 11.8. The Morgan fingerprint density at radius 1 is 1.38 bits per heavy atom. The van der Waals surface area contributed by atoms with E-state index in [1.807, 2.05) is 43.3 Å². The second kappa shape index (κ2) is 6.37. The van der Waals surface area contributed by atoms with E-state index in [9.17, 15) is 8.42 Å². The quantitative estimate of drug-likeness (QED) is 0.637. The summed E-state index contributed by atoms with van der Waals surface area (Å²) in [5, 5.41) is 5.95. The molecular weight excluding hydrogens is 330 g/mol. The van der Waals surface area contributed by atoms with Crippen molar-refractivity contribution < 1.29 is 8.42 Å². The van der Waals surface area contributed by atoms with Crippen molar-refractivity contribution in [1.82, 2.24) is 5.32 Å². The molecule has 1 aromatic carbocycles. The highest BCUT2D eigenvalue weighted by molar-refractivity contribution is 7.91. The molecule has 8 heteroatoms. The number of halogens is 1. The molecule has 2 unspecified atom stereocenters. The Morgan fingerprint density at radius 3 is 2.67 bits per heavy atom. The van der Waals surface area contributed by atoms with E-state index in [0.29, 0.717) is 5.11 Å². The summed E-state index contributed by atoms with van der Waals surface area (Å²) < 4.78 is 23.0. The van der Waals surface area contributed by atoms with Gasteiger partial charge in [-0.3, -0.25) is 0 Å². The number of nitrogens with zero attached hydrogens (tertiary/aromatic N) is 1. The summed E-state index contributed by atoms with van der Waals surface area (Å²) >= 11 is 11.3. The van der Waals surface area contributed by atoms with Crippen LogP contribution in [0.3, 0.4) is 0 Å². The Balaban J connectivity index is 1.98. The highest BCUT2D eigenvalue weighted by Crippen LogP contribution is 2.19. The van der Waals surface area contributed by atoms with Gasteiger partial charge in [0.05, 0.1) is 22.9 Å². The highest BCUT2D eigenvalue weighted by atomic mass is 35.5. The number of anilines is 2. The summed E-state index contributed by atoms with van der Waals surface area (Å²) in [6.45, 7) is 0. The number of sulfone groups is 1. The molecule has 0 radical (unpaired) electrons. The monoisotopic (exact) mass is 347 g/mol. The van der Waals surface area contributed by atoms with E-state index < -0.39 is 15.2 Å². The highest BCUT2D eigenvalue weighted by Gasteiger charge is 2.36. The molecule has 2 atom stereocenters. The maximum atomic E-state index is 11.5. The minimum atomic E-state index is -3.07. The van der Waals surface area contributed by atoms with Gasteiger partial charge in [0.15, 0.2) is 14.9 Å². The van der Waals surface area contributed by atoms with Gasteiger partial charge in [0.2, 0.25) is 0 Å². The van der Waals surface area contributed by atoms with Gasteiger partial charge >= 0.3 is 0 Å². The van der Waals surface area contributed by atoms with Gasteiger partial charge in [-0.2, -0.15) is 0 Å². The Morgan fingerprint density at radius 2 is 2.10 bits per heavy atom. The minimum Gasteiger partial charge on any atom is -0.378 e. The lowest BCUT2D eigenvalue weighted by Crippen LogP contribution is -2.42. The van der Waals surface area contributed by atoms with Crippen LogP contribution in [-0.2, 0) is 9.84 Å². The van der Waals surface area contributed by atoms with Crippen molar-refractivity contribution >= 4 is 50.1 Å². The zero-order valence-corrected chi connectivity index (χ0v) is 14.2. The maximum absolute atomic E-state index is 11.5. The number of hydrogen-bond donors (Lipinski definition) is 2. The first-order valence-electron chi connectivity index (χ1n) is 6.46. The fourth-order valence-electron chi connectivity index (χ4n) is 2.13. The Hall–Kier alpha value is -1.05. The SMILES string of the molecule is CN(C)c1cccc(NC(=S)NC2CS(=O)(=O)CC2Cl)c1. The van der Waals surface area contributed by atoms with Gasteiger partial charge in [0, 0.05) is 25.5 Å². The molecule has 1 aliphatic heterocycles. The molecule has 0 aromatic heterocycles. The second-order valence-electron chi connectivity index (χ2n) is 5.24. The van der Waals surface area contributed by atoms with E-state index in [2.05, 4.69) is 10.6 Å². The molecule has 0 bridgehead atoms. The van der Waals surface area contributed by atoms with Crippen LogP contribution in [0.2, 0.25) is 0 Å². The molecular formula is C13H18ClN3O2S2. The minimum absolute atomic E-state index is 0.00898. The molecule has 0 amide bonds. The van der Waals surface area contributed by atoms with E-state index in [0.717, 1.165) is 11.4 Å². The summed E-state index contributed by atoms with van der Waals surface area (Å²) in [6.07, 6.45) is 0. The number of hydrogen-bond acceptors (Lipinski definition) is 4. The number of alkyl halides is 1. The standard InChI is InChI=1S/C13H18ClN3O2S2/c1-17(2)10-5-3-4-9(6-10)15-13(20)16-12-8-21(18,19)7-11(12)14/h3-6,11-12H,7-8H2,1-2H3,(H2,15,16,20). The van der Waals surface area contributed by atoms with Crippen LogP contribution in [0.15, 0.2) is 24.3 Å². The third-order valence-corrected chi connectivity index (χ3v) is 5.82. The van der Waals surface area contributed by atoms with Crippen molar-refractivity contribution in [2.75, 3.05) is 35.8 Å². The first-order valence-corrected chi connectivity index (χ1v) is 9.13. The van der Waals surface area contributed by atoms with Crippen molar-refractivity contribution in [3.05, 3.63) is 24.3 Å². The molecule has 2 N–H and O–H groups in total. The van der Waals surface area contributed by atoms with Crippen molar-refractivity contribution in [2.24, 2.45) is 0 Å². The van der Waals surface area contributed by atoms with Crippen LogP contribution < -0.4 is 15.5 Å². The average Bonchev–Trinajstić information content (AvgIpc) is 2.62. The van der Waals surface area contributed by atoms with Crippen LogP contribution in [0.4, 0.5) is 11.4 Å². The molecule has 2 rings (SSSR count). The van der Waals surface area contributed by atoms with Gasteiger partial charge in [-0.1, -0.05) is 6.07 Å². The third kappa shape index (κ3) is 4.46. The fourth-order valence-corrected chi connectivity index (χ4v) is 4.95. The van der Waals surface area contributed by atoms with Gasteiger partial charge in [-0.15, -0.1) is 11.6 Å². The van der Waals surface area contributed by atoms with E-state index in [-0.39, 0.29) is 17.5 Å². The lowest BCUT2D eigenvalue weighted by atomic mass is 10.2. The fraction of sp³-hybridized carbons (Fsp3) is 0.462. The van der Waals surface area contributed by atoms with E-state index in [1.165, 1.54) is 0 Å². The zero-order chi connectivity index (χ0) is 15.6. The van der Waals surface area contributed by atoms with Gasteiger partial charge in [0.1, 0.15) is 0 Å². The molecule has 0 spiro atoms. The lowest BCUT2D eigenvalue weighted by molar-refractivity contribution is 0.600. The predicted octanol–water partition coefficient (Wildman–Crippen LogP) is 1.44. The largest absolute Gasteiger partial charge is 0.378 e. The van der Waals surface area contributed by atoms with Crippen LogP contribution in [0.1, 0.15) is 0 Å². The summed E-state index contributed by atoms with van der Waals surface area (Å²) in [4.78, 5) is 1.99. The van der Waals surface area contributed by atoms with E-state index >= 15 is 0 Å². The van der Waals surface area contributed by atoms with Crippen LogP contribution in [0.25, 0.3) is 0 Å². The summed E-state index contributed by atoms with van der Waals surface area (Å²) in [7, 11) is 0.841. The molecule has 1 heterocycles. The molecule has 1 saturated heterocycles. The molecule has 1 aromatic rings. The maximum Gasteiger partial charge on any atom is 0.171 e. The molecule has 21 heavy (non-hydrogen) atoms. The number of rotatable bonds is 3. The molecule has 0 aliphatic carbocycles. The smallest absolute Gasteiger partial charge is 0.171 e. The Kier molecular flexibility index (Phi) is 4.95. The number of nitrogens with one attached hydrogen (secondary N) is 2. The second-order valence-corrected chi connectivity index (χ2v) is 8.37. The summed E-state index contributed by atoms with van der Waals surface area (Å²) in [5.41, 5.74) is 1.88. The predicted molar refractivity (Wildman–Crippen MR) is 92.2 cm³/mol. The number of benzene rings is 1. The summed E-state index contributed by atoms with van der Waals surface area (Å²) in [6, 6.07) is 7.40. The molecule has 0 saturated carbocycles. The first kappa shape index (κ1) is 16.3. The lowest BCUT2D eigenvalue weighted by Gasteiger charge is -2.18. The van der Waals surface area contributed by atoms with Crippen molar-refractivity contribution in [2.45, 2.75) is 11.4 Å². The molecule has 1 aliphatic rings.